The van der Waals surface area contributed by atoms with E-state index < -0.39 is 0 Å². The highest BCUT2D eigenvalue weighted by molar-refractivity contribution is 8.16. The van der Waals surface area contributed by atoms with Gasteiger partial charge in [0.25, 0.3) is 5.91 Å². The van der Waals surface area contributed by atoms with E-state index >= 15 is 0 Å². The molecular formula is C20H30N2O2S. The van der Waals surface area contributed by atoms with E-state index in [0.29, 0.717) is 5.92 Å². The molecule has 4 rings (SSSR count). The van der Waals surface area contributed by atoms with Crippen molar-refractivity contribution in [3.63, 3.8) is 0 Å². The van der Waals surface area contributed by atoms with Gasteiger partial charge in [-0.05, 0) is 75.5 Å². The third-order valence-corrected chi connectivity index (χ3v) is 8.37. The van der Waals surface area contributed by atoms with E-state index in [2.05, 4.69) is 11.9 Å². The number of thioether (sulfide) groups is 1. The molecule has 4 aliphatic rings. The number of fused-ring (bicyclic) bond motifs is 2. The molecule has 2 amide bonds. The van der Waals surface area contributed by atoms with Gasteiger partial charge in [-0.15, -0.1) is 0 Å². The van der Waals surface area contributed by atoms with E-state index in [1.807, 2.05) is 4.90 Å². The molecule has 0 spiro atoms. The number of hydrogen-bond donors (Lipinski definition) is 0. The molecule has 0 radical (unpaired) electrons. The Morgan fingerprint density at radius 3 is 2.60 bits per heavy atom. The normalized spacial score (nSPS) is 38.5. The Balaban J connectivity index is 1.31. The molecule has 2 aliphatic heterocycles. The van der Waals surface area contributed by atoms with Crippen molar-refractivity contribution in [3.05, 3.63) is 0 Å². The second-order valence-electron chi connectivity index (χ2n) is 8.94. The maximum Gasteiger partial charge on any atom is 0.262 e. The zero-order chi connectivity index (χ0) is 17.6. The Hall–Kier alpha value is -0.840. The Morgan fingerprint density at radius 1 is 1.24 bits per heavy atom. The molecule has 25 heavy (non-hydrogen) atoms. The zero-order valence-corrected chi connectivity index (χ0v) is 16.3. The average Bonchev–Trinajstić information content (AvgIpc) is 3.24. The highest BCUT2D eigenvalue weighted by atomic mass is 32.2. The van der Waals surface area contributed by atoms with Crippen molar-refractivity contribution in [1.82, 2.24) is 4.90 Å². The predicted molar refractivity (Wildman–Crippen MR) is 102 cm³/mol. The molecule has 2 heterocycles. The van der Waals surface area contributed by atoms with Crippen LogP contribution in [0.5, 0.6) is 0 Å². The lowest BCUT2D eigenvalue weighted by molar-refractivity contribution is -0.130. The molecule has 138 valence electrons. The maximum atomic E-state index is 12.6. The van der Waals surface area contributed by atoms with E-state index in [9.17, 15) is 9.59 Å². The number of rotatable bonds is 4. The maximum absolute atomic E-state index is 12.6. The van der Waals surface area contributed by atoms with Crippen molar-refractivity contribution in [2.45, 2.75) is 70.0 Å². The van der Waals surface area contributed by atoms with Crippen LogP contribution in [0.25, 0.3) is 0 Å². The van der Waals surface area contributed by atoms with E-state index in [-0.39, 0.29) is 16.6 Å². The first-order valence-corrected chi connectivity index (χ1v) is 10.8. The Bertz CT molecular complexity index is 597. The van der Waals surface area contributed by atoms with Crippen molar-refractivity contribution in [1.29, 1.82) is 0 Å². The van der Waals surface area contributed by atoms with Crippen LogP contribution in [0, 0.1) is 23.7 Å². The van der Waals surface area contributed by atoms with Gasteiger partial charge in [0.1, 0.15) is 4.75 Å². The van der Waals surface area contributed by atoms with Crippen molar-refractivity contribution < 1.29 is 9.59 Å². The number of piperidine rings is 1. The number of carbonyl (C=O) groups is 2. The van der Waals surface area contributed by atoms with Gasteiger partial charge in [0, 0.05) is 20.0 Å². The fourth-order valence-corrected chi connectivity index (χ4v) is 7.03. The lowest BCUT2D eigenvalue weighted by Gasteiger charge is -2.34. The summed E-state index contributed by atoms with van der Waals surface area (Å²) in [5.41, 5.74) is 0. The van der Waals surface area contributed by atoms with Gasteiger partial charge in [0.05, 0.1) is 5.04 Å². The standard InChI is InChI=1S/C20H30N2O2S/c1-13(23)22-7-5-14(6-8-22)12-20(2)19(24)21-18(25-20)11-17-10-15-3-4-16(17)9-15/h14-17H,3-12H2,1-2H3/t15-,16+,17-,20?/m1/s1. The molecule has 0 aromatic carbocycles. The van der Waals surface area contributed by atoms with Gasteiger partial charge < -0.3 is 4.90 Å². The average molecular weight is 363 g/mol. The summed E-state index contributed by atoms with van der Waals surface area (Å²) in [5, 5.41) is 1.10. The highest BCUT2D eigenvalue weighted by Gasteiger charge is 2.45. The second-order valence-corrected chi connectivity index (χ2v) is 10.5. The smallest absolute Gasteiger partial charge is 0.262 e. The number of nitrogens with zero attached hydrogens (tertiary/aromatic N) is 2. The molecular weight excluding hydrogens is 332 g/mol. The Labute approximate surface area is 155 Å². The van der Waals surface area contributed by atoms with E-state index in [0.717, 1.165) is 61.6 Å². The minimum Gasteiger partial charge on any atom is -0.343 e. The molecule has 2 aliphatic carbocycles. The number of carbonyl (C=O) groups excluding carboxylic acids is 2. The van der Waals surface area contributed by atoms with Crippen molar-refractivity contribution in [3.8, 4) is 0 Å². The van der Waals surface area contributed by atoms with Crippen LogP contribution >= 0.6 is 11.8 Å². The first kappa shape index (κ1) is 17.6. The summed E-state index contributed by atoms with van der Waals surface area (Å²) in [4.78, 5) is 30.5. The van der Waals surface area contributed by atoms with Crippen molar-refractivity contribution in [2.24, 2.45) is 28.7 Å². The van der Waals surface area contributed by atoms with Crippen LogP contribution in [0.2, 0.25) is 0 Å². The van der Waals surface area contributed by atoms with E-state index in [4.69, 9.17) is 0 Å². The molecule has 2 bridgehead atoms. The van der Waals surface area contributed by atoms with Gasteiger partial charge in [-0.2, -0.15) is 0 Å². The summed E-state index contributed by atoms with van der Waals surface area (Å²) in [6, 6.07) is 0. The molecule has 5 heteroatoms. The molecule has 3 fully saturated rings. The van der Waals surface area contributed by atoms with E-state index in [1.54, 1.807) is 18.7 Å². The first-order chi connectivity index (χ1) is 11.9. The Kier molecular flexibility index (Phi) is 4.72. The molecule has 4 nitrogen and oxygen atoms in total. The van der Waals surface area contributed by atoms with Crippen molar-refractivity contribution >= 4 is 28.6 Å². The summed E-state index contributed by atoms with van der Waals surface area (Å²) in [6.07, 6.45) is 9.59. The quantitative estimate of drug-likeness (QED) is 0.762. The highest BCUT2D eigenvalue weighted by Crippen LogP contribution is 2.51. The van der Waals surface area contributed by atoms with Gasteiger partial charge in [0.15, 0.2) is 0 Å². The van der Waals surface area contributed by atoms with Crippen molar-refractivity contribution in [2.75, 3.05) is 13.1 Å². The number of hydrogen-bond acceptors (Lipinski definition) is 3. The predicted octanol–water partition coefficient (Wildman–Crippen LogP) is 3.89. The van der Waals surface area contributed by atoms with Gasteiger partial charge in [-0.25, -0.2) is 4.99 Å². The minimum atomic E-state index is -0.365. The molecule has 1 saturated heterocycles. The topological polar surface area (TPSA) is 49.7 Å². The van der Waals surface area contributed by atoms with Crippen LogP contribution in [0.1, 0.15) is 65.2 Å². The molecule has 0 aromatic heterocycles. The summed E-state index contributed by atoms with van der Waals surface area (Å²) >= 11 is 1.76. The molecule has 0 aromatic rings. The zero-order valence-electron chi connectivity index (χ0n) is 15.5. The fourth-order valence-electron chi connectivity index (χ4n) is 5.63. The largest absolute Gasteiger partial charge is 0.343 e. The minimum absolute atomic E-state index is 0.0876. The van der Waals surface area contributed by atoms with Gasteiger partial charge in [-0.1, -0.05) is 18.2 Å². The van der Waals surface area contributed by atoms with Crippen LogP contribution in [-0.4, -0.2) is 39.6 Å². The van der Waals surface area contributed by atoms with Gasteiger partial charge in [0.2, 0.25) is 5.91 Å². The number of aliphatic imine (C=N–C) groups is 1. The molecule has 2 saturated carbocycles. The lowest BCUT2D eigenvalue weighted by Crippen LogP contribution is -2.39. The van der Waals surface area contributed by atoms with Gasteiger partial charge >= 0.3 is 0 Å². The second kappa shape index (κ2) is 6.71. The Morgan fingerprint density at radius 2 is 2.00 bits per heavy atom. The van der Waals surface area contributed by atoms with E-state index in [1.165, 1.54) is 25.7 Å². The summed E-state index contributed by atoms with van der Waals surface area (Å²) in [5.74, 6) is 3.42. The van der Waals surface area contributed by atoms with Crippen LogP contribution < -0.4 is 0 Å². The van der Waals surface area contributed by atoms with Crippen LogP contribution in [0.3, 0.4) is 0 Å². The number of likely N-dealkylation sites (tertiary alicyclic amines) is 1. The molecule has 1 unspecified atom stereocenters. The summed E-state index contributed by atoms with van der Waals surface area (Å²) < 4.78 is -0.365. The number of amides is 2. The monoisotopic (exact) mass is 362 g/mol. The third kappa shape index (κ3) is 3.54. The summed E-state index contributed by atoms with van der Waals surface area (Å²) in [7, 11) is 0. The summed E-state index contributed by atoms with van der Waals surface area (Å²) in [6.45, 7) is 5.42. The van der Waals surface area contributed by atoms with Crippen LogP contribution in [0.15, 0.2) is 4.99 Å². The third-order valence-electron chi connectivity index (χ3n) is 7.08. The SMILES string of the molecule is CC(=O)N1CCC(CC2(C)SC(C[C@H]3C[C@@H]4CC[C@H]3C4)=NC2=O)CC1. The van der Waals surface area contributed by atoms with Crippen LogP contribution in [0.4, 0.5) is 0 Å². The van der Waals surface area contributed by atoms with Crippen LogP contribution in [-0.2, 0) is 9.59 Å². The first-order valence-electron chi connectivity index (χ1n) is 9.99. The lowest BCUT2D eigenvalue weighted by atomic mass is 9.86. The fraction of sp³-hybridized carbons (Fsp3) is 0.850. The molecule has 4 atom stereocenters. The van der Waals surface area contributed by atoms with Gasteiger partial charge in [-0.3, -0.25) is 9.59 Å². The molecule has 0 N–H and O–H groups in total.